The standard InChI is InChI=1S/C23H16FNO4S/c24-17-9-3-1-8-16(17)14-28-19-11-5-2-7-15(19)13-21(22(26)27)30-23-25-18-10-4-6-12-20(18)29-23/h1-13H,14H2,(H,26,27)/b21-13-. The van der Waals surface area contributed by atoms with Crippen LogP contribution in [0.4, 0.5) is 4.39 Å². The van der Waals surface area contributed by atoms with E-state index in [1.165, 1.54) is 12.1 Å². The molecule has 5 nitrogen and oxygen atoms in total. The molecule has 3 aromatic carbocycles. The van der Waals surface area contributed by atoms with Crippen molar-refractivity contribution in [1.29, 1.82) is 0 Å². The van der Waals surface area contributed by atoms with Crippen molar-refractivity contribution in [2.24, 2.45) is 0 Å². The number of oxazole rings is 1. The lowest BCUT2D eigenvalue weighted by Crippen LogP contribution is -2.00. The van der Waals surface area contributed by atoms with Gasteiger partial charge in [-0.1, -0.05) is 48.5 Å². The first-order valence-electron chi connectivity index (χ1n) is 9.04. The van der Waals surface area contributed by atoms with Gasteiger partial charge in [0.05, 0.1) is 0 Å². The van der Waals surface area contributed by atoms with Gasteiger partial charge >= 0.3 is 5.97 Å². The average Bonchev–Trinajstić information content (AvgIpc) is 3.16. The van der Waals surface area contributed by atoms with Gasteiger partial charge < -0.3 is 14.3 Å². The summed E-state index contributed by atoms with van der Waals surface area (Å²) < 4.78 is 25.2. The molecule has 0 aliphatic rings. The molecule has 0 amide bonds. The van der Waals surface area contributed by atoms with Crippen LogP contribution < -0.4 is 4.74 Å². The normalized spacial score (nSPS) is 11.6. The second kappa shape index (κ2) is 8.84. The van der Waals surface area contributed by atoms with Crippen LogP contribution in [0.2, 0.25) is 0 Å². The van der Waals surface area contributed by atoms with Gasteiger partial charge in [-0.2, -0.15) is 0 Å². The van der Waals surface area contributed by atoms with E-state index in [0.717, 1.165) is 11.8 Å². The van der Waals surface area contributed by atoms with E-state index in [2.05, 4.69) is 4.98 Å². The zero-order valence-electron chi connectivity index (χ0n) is 15.6. The number of hydrogen-bond acceptors (Lipinski definition) is 5. The van der Waals surface area contributed by atoms with Crippen LogP contribution in [-0.2, 0) is 11.4 Å². The van der Waals surface area contributed by atoms with Crippen molar-refractivity contribution in [1.82, 2.24) is 4.98 Å². The lowest BCUT2D eigenvalue weighted by molar-refractivity contribution is -0.131. The second-order valence-corrected chi connectivity index (χ2v) is 7.27. The van der Waals surface area contributed by atoms with Crippen molar-refractivity contribution >= 4 is 34.9 Å². The van der Waals surface area contributed by atoms with E-state index in [1.807, 2.05) is 12.1 Å². The van der Waals surface area contributed by atoms with Crippen LogP contribution in [-0.4, -0.2) is 16.1 Å². The number of hydrogen-bond donors (Lipinski definition) is 1. The Labute approximate surface area is 175 Å². The van der Waals surface area contributed by atoms with Gasteiger partial charge in [0.1, 0.15) is 28.6 Å². The van der Waals surface area contributed by atoms with Crippen molar-refractivity contribution in [3.63, 3.8) is 0 Å². The van der Waals surface area contributed by atoms with Crippen molar-refractivity contribution in [3.8, 4) is 5.75 Å². The first-order valence-corrected chi connectivity index (χ1v) is 9.85. The molecule has 0 radical (unpaired) electrons. The van der Waals surface area contributed by atoms with E-state index >= 15 is 0 Å². The first kappa shape index (κ1) is 19.7. The number of benzene rings is 3. The minimum Gasteiger partial charge on any atom is -0.488 e. The third-order valence-electron chi connectivity index (χ3n) is 4.23. The van der Waals surface area contributed by atoms with E-state index in [4.69, 9.17) is 9.15 Å². The van der Waals surface area contributed by atoms with E-state index in [9.17, 15) is 14.3 Å². The maximum Gasteiger partial charge on any atom is 0.342 e. The van der Waals surface area contributed by atoms with Crippen molar-refractivity contribution in [2.75, 3.05) is 0 Å². The van der Waals surface area contributed by atoms with Crippen LogP contribution in [0.3, 0.4) is 0 Å². The molecule has 30 heavy (non-hydrogen) atoms. The number of fused-ring (bicyclic) bond motifs is 1. The van der Waals surface area contributed by atoms with Gasteiger partial charge in [0.2, 0.25) is 0 Å². The number of carboxylic acids is 1. The molecule has 4 aromatic rings. The number of ether oxygens (including phenoxy) is 1. The van der Waals surface area contributed by atoms with Gasteiger partial charge in [0.25, 0.3) is 5.22 Å². The number of carboxylic acid groups (broad SMARTS) is 1. The summed E-state index contributed by atoms with van der Waals surface area (Å²) in [4.78, 5) is 16.1. The Morgan fingerprint density at radius 1 is 1.07 bits per heavy atom. The molecule has 0 bridgehead atoms. The van der Waals surface area contributed by atoms with Gasteiger partial charge in [0, 0.05) is 11.1 Å². The predicted molar refractivity (Wildman–Crippen MR) is 113 cm³/mol. The molecular formula is C23H16FNO4S. The summed E-state index contributed by atoms with van der Waals surface area (Å²) in [6.07, 6.45) is 1.48. The molecule has 1 heterocycles. The first-order chi connectivity index (χ1) is 14.6. The molecule has 7 heteroatoms. The third kappa shape index (κ3) is 4.52. The Balaban J connectivity index is 1.59. The molecule has 150 valence electrons. The van der Waals surface area contributed by atoms with Gasteiger partial charge in [-0.25, -0.2) is 14.2 Å². The highest BCUT2D eigenvalue weighted by atomic mass is 32.2. The lowest BCUT2D eigenvalue weighted by Gasteiger charge is -2.10. The molecule has 0 aliphatic carbocycles. The van der Waals surface area contributed by atoms with Crippen LogP contribution in [0.1, 0.15) is 11.1 Å². The summed E-state index contributed by atoms with van der Waals surface area (Å²) in [7, 11) is 0. The Bertz CT molecular complexity index is 1200. The van der Waals surface area contributed by atoms with E-state index < -0.39 is 5.97 Å². The lowest BCUT2D eigenvalue weighted by atomic mass is 10.2. The van der Waals surface area contributed by atoms with Crippen molar-refractivity contribution in [2.45, 2.75) is 11.8 Å². The zero-order valence-corrected chi connectivity index (χ0v) is 16.4. The smallest absolute Gasteiger partial charge is 0.342 e. The molecule has 0 atom stereocenters. The number of halogens is 1. The van der Waals surface area contributed by atoms with Crippen LogP contribution in [0.25, 0.3) is 17.2 Å². The fraction of sp³-hybridized carbons (Fsp3) is 0.0435. The average molecular weight is 421 g/mol. The maximum atomic E-state index is 13.8. The topological polar surface area (TPSA) is 72.6 Å². The Hall–Kier alpha value is -3.58. The molecule has 0 saturated carbocycles. The fourth-order valence-corrected chi connectivity index (χ4v) is 3.50. The fourth-order valence-electron chi connectivity index (χ4n) is 2.77. The van der Waals surface area contributed by atoms with Gasteiger partial charge in [0.15, 0.2) is 5.58 Å². The number of aromatic nitrogens is 1. The Kier molecular flexibility index (Phi) is 5.81. The predicted octanol–water partition coefficient (Wildman–Crippen LogP) is 5.76. The van der Waals surface area contributed by atoms with Gasteiger partial charge in [-0.15, -0.1) is 0 Å². The highest BCUT2D eigenvalue weighted by molar-refractivity contribution is 8.03. The Morgan fingerprint density at radius 3 is 2.60 bits per heavy atom. The van der Waals surface area contributed by atoms with E-state index in [1.54, 1.807) is 54.6 Å². The highest BCUT2D eigenvalue weighted by Crippen LogP contribution is 2.32. The number of nitrogens with zero attached hydrogens (tertiary/aromatic N) is 1. The summed E-state index contributed by atoms with van der Waals surface area (Å²) in [5, 5.41) is 9.89. The molecule has 4 rings (SSSR count). The van der Waals surface area contributed by atoms with Crippen LogP contribution in [0, 0.1) is 5.82 Å². The Morgan fingerprint density at radius 2 is 1.80 bits per heavy atom. The molecule has 0 fully saturated rings. The van der Waals surface area contributed by atoms with Gasteiger partial charge in [-0.05, 0) is 42.1 Å². The summed E-state index contributed by atoms with van der Waals surface area (Å²) in [6.45, 7) is 0.0260. The largest absolute Gasteiger partial charge is 0.488 e. The molecule has 0 spiro atoms. The summed E-state index contributed by atoms with van der Waals surface area (Å²) in [5.74, 6) is -1.04. The SMILES string of the molecule is O=C(O)/C(=C/c1ccccc1OCc1ccccc1F)Sc1nc2ccccc2o1. The summed E-state index contributed by atoms with van der Waals surface area (Å²) in [6, 6.07) is 20.5. The van der Waals surface area contributed by atoms with Gasteiger partial charge in [-0.3, -0.25) is 0 Å². The van der Waals surface area contributed by atoms with Crippen LogP contribution >= 0.6 is 11.8 Å². The summed E-state index contributed by atoms with van der Waals surface area (Å²) >= 11 is 0.911. The number of rotatable bonds is 7. The number of thioether (sulfide) groups is 1. The van der Waals surface area contributed by atoms with Crippen molar-refractivity contribution in [3.05, 3.63) is 94.6 Å². The van der Waals surface area contributed by atoms with Crippen LogP contribution in [0.15, 0.2) is 87.3 Å². The molecule has 0 unspecified atom stereocenters. The number of carbonyl (C=O) groups is 1. The minimum absolute atomic E-state index is 0.0171. The molecule has 1 aromatic heterocycles. The van der Waals surface area contributed by atoms with E-state index in [-0.39, 0.29) is 22.6 Å². The molecular weight excluding hydrogens is 405 g/mol. The number of aliphatic carboxylic acids is 1. The minimum atomic E-state index is -1.12. The van der Waals surface area contributed by atoms with Crippen molar-refractivity contribution < 1.29 is 23.4 Å². The molecule has 1 N–H and O–H groups in total. The third-order valence-corrected chi connectivity index (χ3v) is 5.09. The van der Waals surface area contributed by atoms with Crippen LogP contribution in [0.5, 0.6) is 5.75 Å². The zero-order chi connectivity index (χ0) is 20.9. The second-order valence-electron chi connectivity index (χ2n) is 6.28. The quantitative estimate of drug-likeness (QED) is 0.302. The highest BCUT2D eigenvalue weighted by Gasteiger charge is 2.16. The molecule has 0 aliphatic heterocycles. The van der Waals surface area contributed by atoms with E-state index in [0.29, 0.717) is 28.0 Å². The molecule has 0 saturated heterocycles. The summed E-state index contributed by atoms with van der Waals surface area (Å²) in [5.41, 5.74) is 2.20. The monoisotopic (exact) mass is 421 g/mol. The number of para-hydroxylation sites is 3. The maximum absolute atomic E-state index is 13.8.